The molecule has 0 radical (unpaired) electrons. The molecule has 6 nitrogen and oxygen atoms in total. The van der Waals surface area contributed by atoms with Crippen LogP contribution in [0.2, 0.25) is 0 Å². The molecule has 0 spiro atoms. The highest BCUT2D eigenvalue weighted by Crippen LogP contribution is 2.76. The molecule has 0 saturated heterocycles. The molecule has 0 unspecified atom stereocenters. The zero-order valence-corrected chi connectivity index (χ0v) is 27.1. The number of fused-ring (bicyclic) bond motifs is 7. The molecule has 5 rings (SSSR count). The predicted molar refractivity (Wildman–Crippen MR) is 160 cm³/mol. The van der Waals surface area contributed by atoms with Gasteiger partial charge in [0.2, 0.25) is 0 Å². The standard InChI is InChI=1S/C34H52O6S/c1-29(2)23-10-13-34(7)27(32(23,5)12-11-24(29)41-26(38)9-8-25(36)37)22(35)18-20-21-19-31(4,28(39)40)15-14-30(21,3)16-17-33(20,34)6/h20-21,23-24,27H,8-19H2,1-7H3,(H,36,37)(H,39,40)/t20-,21-,23-,24-,27+,30+,31-,32-,33+,34+/m0/s1. The van der Waals surface area contributed by atoms with Crippen molar-refractivity contribution in [1.82, 2.24) is 0 Å². The van der Waals surface area contributed by atoms with Gasteiger partial charge in [0.25, 0.3) is 0 Å². The fourth-order valence-electron chi connectivity index (χ4n) is 11.7. The molecule has 41 heavy (non-hydrogen) atoms. The lowest BCUT2D eigenvalue weighted by atomic mass is 9.31. The van der Waals surface area contributed by atoms with Crippen molar-refractivity contribution in [3.05, 3.63) is 0 Å². The molecule has 0 aromatic heterocycles. The highest BCUT2D eigenvalue weighted by atomic mass is 32.2. The Balaban J connectivity index is 1.45. The summed E-state index contributed by atoms with van der Waals surface area (Å²) >= 11 is 1.35. The van der Waals surface area contributed by atoms with Gasteiger partial charge in [0, 0.05) is 24.0 Å². The number of ketones is 1. The Bertz CT molecular complexity index is 1150. The van der Waals surface area contributed by atoms with Crippen LogP contribution in [0.4, 0.5) is 0 Å². The highest BCUT2D eigenvalue weighted by Gasteiger charge is 2.72. The number of carbonyl (C=O) groups excluding carboxylic acids is 2. The predicted octanol–water partition coefficient (Wildman–Crippen LogP) is 7.62. The third-order valence-corrected chi connectivity index (χ3v) is 16.0. The summed E-state index contributed by atoms with van der Waals surface area (Å²) in [6, 6.07) is 0. The Hall–Kier alpha value is -1.37. The van der Waals surface area contributed by atoms with Crippen molar-refractivity contribution < 1.29 is 29.4 Å². The molecule has 5 saturated carbocycles. The monoisotopic (exact) mass is 588 g/mol. The van der Waals surface area contributed by atoms with Crippen molar-refractivity contribution in [3.8, 4) is 0 Å². The summed E-state index contributed by atoms with van der Waals surface area (Å²) in [6.07, 6.45) is 8.85. The van der Waals surface area contributed by atoms with Crippen molar-refractivity contribution in [2.24, 2.45) is 56.2 Å². The maximum Gasteiger partial charge on any atom is 0.309 e. The van der Waals surface area contributed by atoms with Gasteiger partial charge in [-0.25, -0.2) is 0 Å². The molecule has 0 bridgehead atoms. The number of rotatable bonds is 5. The van der Waals surface area contributed by atoms with E-state index < -0.39 is 17.4 Å². The molecule has 10 atom stereocenters. The lowest BCUT2D eigenvalue weighted by Gasteiger charge is -2.73. The van der Waals surface area contributed by atoms with Crippen LogP contribution in [0.25, 0.3) is 0 Å². The number of Topliss-reactive ketones (excluding diaryl/α,β-unsaturated/α-hetero) is 1. The molecule has 230 valence electrons. The molecule has 5 fully saturated rings. The van der Waals surface area contributed by atoms with E-state index >= 15 is 0 Å². The summed E-state index contributed by atoms with van der Waals surface area (Å²) < 4.78 is 0. The first-order chi connectivity index (χ1) is 18.8. The SMILES string of the molecule is CC1(C)[C@@H](SC(=O)CCC(=O)O)CC[C@]2(C)[C@H]3C(=O)C[C@H]4[C@@H]5C[C@@](C)(C(=O)O)CC[C@]5(C)CC[C@@]4(C)[C@]3(C)CC[C@@H]12. The zero-order chi connectivity index (χ0) is 30.4. The van der Waals surface area contributed by atoms with Gasteiger partial charge in [-0.2, -0.15) is 0 Å². The zero-order valence-electron chi connectivity index (χ0n) is 26.3. The van der Waals surface area contributed by atoms with Gasteiger partial charge in [-0.1, -0.05) is 53.3 Å². The normalized spacial score (nSPS) is 48.7. The van der Waals surface area contributed by atoms with Gasteiger partial charge in [0.15, 0.2) is 5.12 Å². The van der Waals surface area contributed by atoms with E-state index in [9.17, 15) is 24.3 Å². The van der Waals surface area contributed by atoms with Gasteiger partial charge in [0.05, 0.1) is 11.8 Å². The highest BCUT2D eigenvalue weighted by molar-refractivity contribution is 8.14. The van der Waals surface area contributed by atoms with Crippen LogP contribution in [-0.4, -0.2) is 38.3 Å². The maximum atomic E-state index is 14.6. The molecule has 0 heterocycles. The van der Waals surface area contributed by atoms with Crippen molar-refractivity contribution in [2.75, 3.05) is 0 Å². The van der Waals surface area contributed by atoms with Crippen molar-refractivity contribution in [2.45, 2.75) is 131 Å². The van der Waals surface area contributed by atoms with E-state index in [1.807, 2.05) is 6.92 Å². The number of carboxylic acid groups (broad SMARTS) is 2. The number of hydrogen-bond acceptors (Lipinski definition) is 5. The van der Waals surface area contributed by atoms with Gasteiger partial charge < -0.3 is 10.2 Å². The molecule has 7 heteroatoms. The second kappa shape index (κ2) is 9.82. The number of hydrogen-bond donors (Lipinski definition) is 2. The lowest BCUT2D eigenvalue weighted by molar-refractivity contribution is -0.233. The molecule has 5 aliphatic carbocycles. The molecule has 2 N–H and O–H groups in total. The maximum absolute atomic E-state index is 14.6. The first-order valence-corrected chi connectivity index (χ1v) is 16.9. The molecule has 0 aliphatic heterocycles. The van der Waals surface area contributed by atoms with Crippen LogP contribution >= 0.6 is 11.8 Å². The topological polar surface area (TPSA) is 109 Å². The van der Waals surface area contributed by atoms with Crippen LogP contribution in [0.1, 0.15) is 126 Å². The average molecular weight is 589 g/mol. The summed E-state index contributed by atoms with van der Waals surface area (Å²) in [4.78, 5) is 50.6. The van der Waals surface area contributed by atoms with Crippen LogP contribution < -0.4 is 0 Å². The van der Waals surface area contributed by atoms with Crippen LogP contribution in [0.3, 0.4) is 0 Å². The lowest BCUT2D eigenvalue weighted by Crippen LogP contribution is -2.69. The Labute approximate surface area is 250 Å². The molecule has 0 aromatic carbocycles. The van der Waals surface area contributed by atoms with Gasteiger partial charge in [0.1, 0.15) is 5.78 Å². The van der Waals surface area contributed by atoms with E-state index in [0.717, 1.165) is 51.4 Å². The minimum absolute atomic E-state index is 0.0109. The molecule has 0 amide bonds. The number of aliphatic carboxylic acids is 2. The van der Waals surface area contributed by atoms with E-state index in [0.29, 0.717) is 24.5 Å². The minimum atomic E-state index is -0.938. The van der Waals surface area contributed by atoms with Crippen LogP contribution in [0.5, 0.6) is 0 Å². The van der Waals surface area contributed by atoms with Crippen molar-refractivity contribution in [1.29, 1.82) is 0 Å². The Morgan fingerprint density at radius 1 is 0.805 bits per heavy atom. The first-order valence-electron chi connectivity index (χ1n) is 16.0. The van der Waals surface area contributed by atoms with E-state index in [-0.39, 0.29) is 68.0 Å². The number of thioether (sulfide) groups is 1. The number of carboxylic acids is 2. The van der Waals surface area contributed by atoms with Crippen LogP contribution in [0.15, 0.2) is 0 Å². The third-order valence-electron chi connectivity index (χ3n) is 14.4. The number of carbonyl (C=O) groups is 4. The fourth-order valence-corrected chi connectivity index (χ4v) is 12.9. The summed E-state index contributed by atoms with van der Waals surface area (Å²) in [6.45, 7) is 16.1. The van der Waals surface area contributed by atoms with Gasteiger partial charge in [-0.15, -0.1) is 0 Å². The second-order valence-electron chi connectivity index (χ2n) is 16.7. The van der Waals surface area contributed by atoms with E-state index in [1.165, 1.54) is 11.8 Å². The van der Waals surface area contributed by atoms with Crippen LogP contribution in [0, 0.1) is 56.2 Å². The fraction of sp³-hybridized carbons (Fsp3) is 0.882. The summed E-state index contributed by atoms with van der Waals surface area (Å²) in [5.74, 6) is -0.466. The first kappa shape index (κ1) is 31.1. The minimum Gasteiger partial charge on any atom is -0.481 e. The smallest absolute Gasteiger partial charge is 0.309 e. The van der Waals surface area contributed by atoms with E-state index in [1.54, 1.807) is 0 Å². The molecule has 0 aromatic rings. The van der Waals surface area contributed by atoms with E-state index in [4.69, 9.17) is 5.11 Å². The van der Waals surface area contributed by atoms with Crippen molar-refractivity contribution >= 4 is 34.6 Å². The quantitative estimate of drug-likeness (QED) is 0.340. The molecule has 5 aliphatic rings. The Morgan fingerprint density at radius 3 is 2.10 bits per heavy atom. The van der Waals surface area contributed by atoms with Gasteiger partial charge in [-0.3, -0.25) is 19.2 Å². The summed E-state index contributed by atoms with van der Waals surface area (Å²) in [7, 11) is 0. The Kier molecular flexibility index (Phi) is 7.44. The second-order valence-corrected chi connectivity index (χ2v) is 18.0. The van der Waals surface area contributed by atoms with E-state index in [2.05, 4.69) is 41.5 Å². The summed E-state index contributed by atoms with van der Waals surface area (Å²) in [5.41, 5.74) is -1.05. The summed E-state index contributed by atoms with van der Waals surface area (Å²) in [5, 5.41) is 19.3. The van der Waals surface area contributed by atoms with Crippen LogP contribution in [-0.2, 0) is 19.2 Å². The largest absolute Gasteiger partial charge is 0.481 e. The average Bonchev–Trinajstić information content (AvgIpc) is 2.86. The molecular formula is C34H52O6S. The van der Waals surface area contributed by atoms with Gasteiger partial charge in [-0.05, 0) is 110 Å². The van der Waals surface area contributed by atoms with Gasteiger partial charge >= 0.3 is 11.9 Å². The third kappa shape index (κ3) is 4.47. The Morgan fingerprint density at radius 2 is 1.46 bits per heavy atom. The molecular weight excluding hydrogens is 536 g/mol. The van der Waals surface area contributed by atoms with Crippen molar-refractivity contribution in [3.63, 3.8) is 0 Å².